The van der Waals surface area contributed by atoms with Crippen LogP contribution in [0.4, 0.5) is 11.4 Å². The summed E-state index contributed by atoms with van der Waals surface area (Å²) < 4.78 is 31.2. The van der Waals surface area contributed by atoms with E-state index in [1.54, 1.807) is 42.5 Å². The van der Waals surface area contributed by atoms with Crippen molar-refractivity contribution in [3.05, 3.63) is 83.3 Å². The maximum Gasteiger partial charge on any atom is 0.253 e. The first kappa shape index (κ1) is 25.0. The Bertz CT molecular complexity index is 1250. The molecular weight excluding hydrogens is 454 g/mol. The van der Waals surface area contributed by atoms with E-state index in [0.29, 0.717) is 29.1 Å². The molecule has 2 N–H and O–H groups in total. The molecule has 34 heavy (non-hydrogen) atoms. The van der Waals surface area contributed by atoms with Gasteiger partial charge in [-0.3, -0.25) is 13.9 Å². The molecule has 9 heteroatoms. The van der Waals surface area contributed by atoms with Crippen LogP contribution in [0.5, 0.6) is 0 Å². The molecule has 0 unspecified atom stereocenters. The quantitative estimate of drug-likeness (QED) is 0.453. The number of aryl methyl sites for hydroxylation is 2. The highest BCUT2D eigenvalue weighted by atomic mass is 32.2. The minimum absolute atomic E-state index is 0.0964. The molecule has 0 atom stereocenters. The third-order valence-corrected chi connectivity index (χ3v) is 6.59. The maximum absolute atomic E-state index is 12.6. The van der Waals surface area contributed by atoms with E-state index in [1.165, 1.54) is 10.6 Å². The highest BCUT2D eigenvalue weighted by Gasteiger charge is 2.19. The average Bonchev–Trinajstić information content (AvgIpc) is 3.30. The van der Waals surface area contributed by atoms with Crippen molar-refractivity contribution in [3.63, 3.8) is 0 Å². The minimum atomic E-state index is -3.51. The fourth-order valence-electron chi connectivity index (χ4n) is 3.43. The summed E-state index contributed by atoms with van der Waals surface area (Å²) in [5.41, 5.74) is 3.35. The van der Waals surface area contributed by atoms with Crippen LogP contribution < -0.4 is 14.9 Å². The summed E-state index contributed by atoms with van der Waals surface area (Å²) in [4.78, 5) is 25.2. The number of furan rings is 1. The van der Waals surface area contributed by atoms with Crippen molar-refractivity contribution in [2.45, 2.75) is 33.2 Å². The van der Waals surface area contributed by atoms with Crippen LogP contribution in [0.25, 0.3) is 0 Å². The van der Waals surface area contributed by atoms with Crippen molar-refractivity contribution in [2.75, 3.05) is 22.4 Å². The van der Waals surface area contributed by atoms with Crippen LogP contribution in [0.2, 0.25) is 0 Å². The lowest BCUT2D eigenvalue weighted by Gasteiger charge is -2.23. The van der Waals surface area contributed by atoms with Crippen LogP contribution in [-0.2, 0) is 21.4 Å². The molecule has 0 spiro atoms. The molecule has 0 saturated heterocycles. The number of rotatable bonds is 10. The van der Waals surface area contributed by atoms with Gasteiger partial charge in [0.15, 0.2) is 0 Å². The maximum atomic E-state index is 12.6. The molecule has 0 saturated carbocycles. The van der Waals surface area contributed by atoms with Gasteiger partial charge in [0, 0.05) is 13.0 Å². The van der Waals surface area contributed by atoms with E-state index < -0.39 is 10.0 Å². The molecule has 0 aliphatic heterocycles. The monoisotopic (exact) mass is 483 g/mol. The van der Waals surface area contributed by atoms with Gasteiger partial charge in [0.1, 0.15) is 5.76 Å². The van der Waals surface area contributed by atoms with Gasteiger partial charge in [-0.2, -0.15) is 0 Å². The Morgan fingerprint density at radius 1 is 1.00 bits per heavy atom. The van der Waals surface area contributed by atoms with Gasteiger partial charge >= 0.3 is 0 Å². The third-order valence-electron chi connectivity index (χ3n) is 5.39. The first-order valence-electron chi connectivity index (χ1n) is 10.9. The standard InChI is InChI=1S/C25H29N3O5S/c1-18-12-13-20(16-19(18)2)28(34(3,31)32)14-6-11-24(29)27-23-10-5-4-9-22(23)25(30)26-17-21-8-7-15-33-21/h4-5,7-10,12-13,15-16H,6,11,14,17H2,1-3H3,(H,26,30)(H,27,29). The summed E-state index contributed by atoms with van der Waals surface area (Å²) in [6.07, 6.45) is 3.10. The van der Waals surface area contributed by atoms with Gasteiger partial charge in [-0.1, -0.05) is 18.2 Å². The van der Waals surface area contributed by atoms with Crippen LogP contribution in [0.1, 0.15) is 40.1 Å². The van der Waals surface area contributed by atoms with Crippen molar-refractivity contribution < 1.29 is 22.4 Å². The van der Waals surface area contributed by atoms with E-state index >= 15 is 0 Å². The van der Waals surface area contributed by atoms with Crippen LogP contribution in [-0.4, -0.2) is 33.0 Å². The van der Waals surface area contributed by atoms with Crippen molar-refractivity contribution in [1.29, 1.82) is 0 Å². The number of hydrogen-bond acceptors (Lipinski definition) is 5. The SMILES string of the molecule is Cc1ccc(N(CCCC(=O)Nc2ccccc2C(=O)NCc2ccco2)S(C)(=O)=O)cc1C. The number of hydrogen-bond donors (Lipinski definition) is 2. The van der Waals surface area contributed by atoms with E-state index in [9.17, 15) is 18.0 Å². The summed E-state index contributed by atoms with van der Waals surface area (Å²) in [6, 6.07) is 15.7. The molecule has 180 valence electrons. The second-order valence-corrected chi connectivity index (χ2v) is 9.97. The Morgan fingerprint density at radius 3 is 2.44 bits per heavy atom. The smallest absolute Gasteiger partial charge is 0.253 e. The second-order valence-electron chi connectivity index (χ2n) is 8.06. The number of benzene rings is 2. The van der Waals surface area contributed by atoms with E-state index in [1.807, 2.05) is 26.0 Å². The highest BCUT2D eigenvalue weighted by Crippen LogP contribution is 2.22. The first-order valence-corrected chi connectivity index (χ1v) is 12.7. The predicted octanol–water partition coefficient (Wildman–Crippen LogP) is 4.01. The molecular formula is C25H29N3O5S. The van der Waals surface area contributed by atoms with E-state index in [0.717, 1.165) is 17.4 Å². The molecule has 2 amide bonds. The van der Waals surface area contributed by atoms with E-state index in [4.69, 9.17) is 4.42 Å². The number of nitrogens with zero attached hydrogens (tertiary/aromatic N) is 1. The van der Waals surface area contributed by atoms with E-state index in [-0.39, 0.29) is 31.3 Å². The summed E-state index contributed by atoms with van der Waals surface area (Å²) in [5.74, 6) is -0.0285. The molecule has 0 fully saturated rings. The van der Waals surface area contributed by atoms with Gasteiger partial charge in [-0.15, -0.1) is 0 Å². The van der Waals surface area contributed by atoms with Crippen molar-refractivity contribution in [2.24, 2.45) is 0 Å². The van der Waals surface area contributed by atoms with Crippen LogP contribution in [0.3, 0.4) is 0 Å². The largest absolute Gasteiger partial charge is 0.467 e. The number of carbonyl (C=O) groups is 2. The fraction of sp³-hybridized carbons (Fsp3) is 0.280. The summed E-state index contributed by atoms with van der Waals surface area (Å²) in [6.45, 7) is 4.28. The molecule has 8 nitrogen and oxygen atoms in total. The van der Waals surface area contributed by atoms with Crippen molar-refractivity contribution >= 4 is 33.2 Å². The third kappa shape index (κ3) is 6.71. The zero-order valence-electron chi connectivity index (χ0n) is 19.5. The number of anilines is 2. The van der Waals surface area contributed by atoms with E-state index in [2.05, 4.69) is 10.6 Å². The van der Waals surface area contributed by atoms with Crippen LogP contribution in [0.15, 0.2) is 65.3 Å². The minimum Gasteiger partial charge on any atom is -0.467 e. The topological polar surface area (TPSA) is 109 Å². The highest BCUT2D eigenvalue weighted by molar-refractivity contribution is 7.92. The zero-order chi connectivity index (χ0) is 24.7. The Kier molecular flexibility index (Phi) is 8.12. The Morgan fingerprint density at radius 2 is 1.76 bits per heavy atom. The molecule has 1 aromatic heterocycles. The molecule has 0 radical (unpaired) electrons. The molecule has 0 bridgehead atoms. The lowest BCUT2D eigenvalue weighted by molar-refractivity contribution is -0.116. The summed E-state index contributed by atoms with van der Waals surface area (Å²) in [5, 5.41) is 5.52. The number of sulfonamides is 1. The van der Waals surface area contributed by atoms with Crippen LogP contribution >= 0.6 is 0 Å². The normalized spacial score (nSPS) is 11.1. The zero-order valence-corrected chi connectivity index (χ0v) is 20.3. The molecule has 1 heterocycles. The Labute approximate surface area is 200 Å². The number of carbonyl (C=O) groups excluding carboxylic acids is 2. The summed E-state index contributed by atoms with van der Waals surface area (Å²) in [7, 11) is -3.51. The molecule has 2 aromatic carbocycles. The van der Waals surface area contributed by atoms with Gasteiger partial charge in [-0.25, -0.2) is 8.42 Å². The van der Waals surface area contributed by atoms with Gasteiger partial charge in [0.2, 0.25) is 15.9 Å². The van der Waals surface area contributed by atoms with Gasteiger partial charge in [0.05, 0.1) is 36.0 Å². The molecule has 0 aliphatic rings. The van der Waals surface area contributed by atoms with Crippen molar-refractivity contribution in [3.8, 4) is 0 Å². The van der Waals surface area contributed by atoms with Gasteiger partial charge in [0.25, 0.3) is 5.91 Å². The molecule has 3 rings (SSSR count). The summed E-state index contributed by atoms with van der Waals surface area (Å²) >= 11 is 0. The molecule has 3 aromatic rings. The molecule has 0 aliphatic carbocycles. The second kappa shape index (κ2) is 11.0. The number of para-hydroxylation sites is 1. The Balaban J connectivity index is 1.60. The van der Waals surface area contributed by atoms with Gasteiger partial charge < -0.3 is 15.1 Å². The van der Waals surface area contributed by atoms with Gasteiger partial charge in [-0.05, 0) is 67.8 Å². The Hall–Kier alpha value is -3.59. The number of amides is 2. The van der Waals surface area contributed by atoms with Crippen molar-refractivity contribution in [1.82, 2.24) is 5.32 Å². The predicted molar refractivity (Wildman–Crippen MR) is 132 cm³/mol. The number of nitrogens with one attached hydrogen (secondary N) is 2. The lowest BCUT2D eigenvalue weighted by atomic mass is 10.1. The lowest BCUT2D eigenvalue weighted by Crippen LogP contribution is -2.31. The first-order chi connectivity index (χ1) is 16.1. The average molecular weight is 484 g/mol. The van der Waals surface area contributed by atoms with Crippen LogP contribution in [0, 0.1) is 13.8 Å². The fourth-order valence-corrected chi connectivity index (χ4v) is 4.39.